The van der Waals surface area contributed by atoms with Gasteiger partial charge in [-0.2, -0.15) is 0 Å². The van der Waals surface area contributed by atoms with Crippen LogP contribution in [-0.4, -0.2) is 23.1 Å². The molecular formula is C12H21N3O. The zero-order valence-electron chi connectivity index (χ0n) is 10.2. The van der Waals surface area contributed by atoms with Crippen molar-refractivity contribution in [3.8, 4) is 5.88 Å². The molecule has 0 radical (unpaired) electrons. The van der Waals surface area contributed by atoms with E-state index in [0.717, 1.165) is 31.8 Å². The van der Waals surface area contributed by atoms with Crippen LogP contribution < -0.4 is 10.1 Å². The Morgan fingerprint density at radius 2 is 2.06 bits per heavy atom. The van der Waals surface area contributed by atoms with E-state index in [9.17, 15) is 0 Å². The summed E-state index contributed by atoms with van der Waals surface area (Å²) in [6, 6.07) is 0. The van der Waals surface area contributed by atoms with E-state index in [2.05, 4.69) is 29.1 Å². The summed E-state index contributed by atoms with van der Waals surface area (Å²) in [6.07, 6.45) is 6.94. The summed E-state index contributed by atoms with van der Waals surface area (Å²) in [5, 5.41) is 3.20. The number of rotatable bonds is 8. The van der Waals surface area contributed by atoms with Gasteiger partial charge in [-0.25, -0.2) is 4.98 Å². The van der Waals surface area contributed by atoms with Crippen LogP contribution in [0.15, 0.2) is 12.4 Å². The Labute approximate surface area is 97.5 Å². The molecule has 0 saturated carbocycles. The van der Waals surface area contributed by atoms with Crippen molar-refractivity contribution in [1.82, 2.24) is 15.3 Å². The summed E-state index contributed by atoms with van der Waals surface area (Å²) < 4.78 is 5.47. The van der Waals surface area contributed by atoms with Gasteiger partial charge in [-0.1, -0.05) is 26.7 Å². The number of nitrogens with one attached hydrogen (secondary N) is 1. The molecule has 1 aromatic rings. The highest BCUT2D eigenvalue weighted by atomic mass is 16.5. The van der Waals surface area contributed by atoms with Crippen LogP contribution in [0.4, 0.5) is 0 Å². The Morgan fingerprint density at radius 3 is 2.69 bits per heavy atom. The highest BCUT2D eigenvalue weighted by Crippen LogP contribution is 2.05. The maximum absolute atomic E-state index is 5.47. The number of hydrogen-bond acceptors (Lipinski definition) is 4. The summed E-state index contributed by atoms with van der Waals surface area (Å²) in [5.41, 5.74) is 0.947. The van der Waals surface area contributed by atoms with E-state index in [1.54, 1.807) is 12.4 Å². The predicted molar refractivity (Wildman–Crippen MR) is 64.4 cm³/mol. The van der Waals surface area contributed by atoms with E-state index in [0.29, 0.717) is 5.88 Å². The summed E-state index contributed by atoms with van der Waals surface area (Å²) in [5.74, 6) is 0.622. The minimum absolute atomic E-state index is 0.622. The first-order chi connectivity index (χ1) is 7.86. The molecule has 0 aromatic carbocycles. The van der Waals surface area contributed by atoms with Gasteiger partial charge in [-0.05, 0) is 13.0 Å². The van der Waals surface area contributed by atoms with E-state index in [1.165, 1.54) is 12.8 Å². The van der Waals surface area contributed by atoms with Crippen LogP contribution in [-0.2, 0) is 6.54 Å². The highest BCUT2D eigenvalue weighted by molar-refractivity contribution is 5.06. The van der Waals surface area contributed by atoms with Gasteiger partial charge in [0.15, 0.2) is 0 Å². The second-order valence-corrected chi connectivity index (χ2v) is 3.68. The Bertz CT molecular complexity index is 274. The average molecular weight is 223 g/mol. The Morgan fingerprint density at radius 1 is 1.19 bits per heavy atom. The fourth-order valence-corrected chi connectivity index (χ4v) is 1.29. The van der Waals surface area contributed by atoms with Crippen molar-refractivity contribution in [2.75, 3.05) is 13.2 Å². The molecule has 1 aromatic heterocycles. The predicted octanol–water partition coefficient (Wildman–Crippen LogP) is 2.16. The third-order valence-corrected chi connectivity index (χ3v) is 2.24. The van der Waals surface area contributed by atoms with Crippen LogP contribution in [0.25, 0.3) is 0 Å². The standard InChI is InChI=1S/C12H21N3O/c1-3-5-6-7-16-12-10-14-11(9-15-12)8-13-4-2/h9-10,13H,3-8H2,1-2H3. The largest absolute Gasteiger partial charge is 0.477 e. The fraction of sp³-hybridized carbons (Fsp3) is 0.667. The summed E-state index contributed by atoms with van der Waals surface area (Å²) in [6.45, 7) is 6.68. The van der Waals surface area contributed by atoms with Gasteiger partial charge >= 0.3 is 0 Å². The van der Waals surface area contributed by atoms with E-state index in [1.807, 2.05) is 0 Å². The van der Waals surface area contributed by atoms with Crippen molar-refractivity contribution >= 4 is 0 Å². The Hall–Kier alpha value is -1.16. The van der Waals surface area contributed by atoms with Crippen LogP contribution in [0, 0.1) is 0 Å². The zero-order chi connectivity index (χ0) is 11.6. The first-order valence-electron chi connectivity index (χ1n) is 6.01. The van der Waals surface area contributed by atoms with Gasteiger partial charge < -0.3 is 10.1 Å². The molecule has 0 spiro atoms. The van der Waals surface area contributed by atoms with Gasteiger partial charge in [-0.15, -0.1) is 0 Å². The zero-order valence-corrected chi connectivity index (χ0v) is 10.2. The van der Waals surface area contributed by atoms with Crippen molar-refractivity contribution in [1.29, 1.82) is 0 Å². The smallest absolute Gasteiger partial charge is 0.232 e. The lowest BCUT2D eigenvalue weighted by Gasteiger charge is -2.05. The first-order valence-corrected chi connectivity index (χ1v) is 6.01. The minimum atomic E-state index is 0.622. The second-order valence-electron chi connectivity index (χ2n) is 3.68. The van der Waals surface area contributed by atoms with Gasteiger partial charge in [0.1, 0.15) is 0 Å². The maximum atomic E-state index is 5.47. The van der Waals surface area contributed by atoms with E-state index < -0.39 is 0 Å². The molecule has 0 saturated heterocycles. The Balaban J connectivity index is 2.27. The number of nitrogens with zero attached hydrogens (tertiary/aromatic N) is 2. The van der Waals surface area contributed by atoms with Crippen LogP contribution >= 0.6 is 0 Å². The van der Waals surface area contributed by atoms with Crippen LogP contribution in [0.2, 0.25) is 0 Å². The average Bonchev–Trinajstić information content (AvgIpc) is 2.33. The van der Waals surface area contributed by atoms with E-state index >= 15 is 0 Å². The minimum Gasteiger partial charge on any atom is -0.477 e. The molecule has 1 N–H and O–H groups in total. The van der Waals surface area contributed by atoms with Gasteiger partial charge in [0.05, 0.1) is 24.7 Å². The lowest BCUT2D eigenvalue weighted by Crippen LogP contribution is -2.13. The molecular weight excluding hydrogens is 202 g/mol. The molecule has 90 valence electrons. The third-order valence-electron chi connectivity index (χ3n) is 2.24. The number of ether oxygens (including phenoxy) is 1. The molecule has 0 aliphatic heterocycles. The molecule has 4 heteroatoms. The normalized spacial score (nSPS) is 10.4. The number of aromatic nitrogens is 2. The lowest BCUT2D eigenvalue weighted by atomic mass is 10.3. The van der Waals surface area contributed by atoms with Crippen molar-refractivity contribution in [3.05, 3.63) is 18.1 Å². The highest BCUT2D eigenvalue weighted by Gasteiger charge is 1.97. The first kappa shape index (κ1) is 12.9. The molecule has 1 rings (SSSR count). The van der Waals surface area contributed by atoms with Gasteiger partial charge in [0.25, 0.3) is 0 Å². The quantitative estimate of drug-likeness (QED) is 0.686. The SMILES string of the molecule is CCCCCOc1cnc(CNCC)cn1. The Kier molecular flexibility index (Phi) is 6.49. The van der Waals surface area contributed by atoms with Crippen molar-refractivity contribution < 1.29 is 4.74 Å². The van der Waals surface area contributed by atoms with E-state index in [-0.39, 0.29) is 0 Å². The van der Waals surface area contributed by atoms with Crippen molar-refractivity contribution in [2.45, 2.75) is 39.7 Å². The molecule has 0 bridgehead atoms. The van der Waals surface area contributed by atoms with Gasteiger partial charge in [0, 0.05) is 6.54 Å². The third kappa shape index (κ3) is 5.07. The molecule has 0 amide bonds. The molecule has 0 unspecified atom stereocenters. The lowest BCUT2D eigenvalue weighted by molar-refractivity contribution is 0.293. The van der Waals surface area contributed by atoms with Gasteiger partial charge in [-0.3, -0.25) is 4.98 Å². The molecule has 0 aliphatic carbocycles. The second kappa shape index (κ2) is 8.05. The molecule has 4 nitrogen and oxygen atoms in total. The monoisotopic (exact) mass is 223 g/mol. The topological polar surface area (TPSA) is 47.0 Å². The number of unbranched alkanes of at least 4 members (excludes halogenated alkanes) is 2. The van der Waals surface area contributed by atoms with Crippen molar-refractivity contribution in [2.24, 2.45) is 0 Å². The summed E-state index contributed by atoms with van der Waals surface area (Å²) >= 11 is 0. The van der Waals surface area contributed by atoms with Gasteiger partial charge in [0.2, 0.25) is 5.88 Å². The molecule has 0 fully saturated rings. The van der Waals surface area contributed by atoms with Crippen LogP contribution in [0.1, 0.15) is 38.8 Å². The summed E-state index contributed by atoms with van der Waals surface area (Å²) in [7, 11) is 0. The van der Waals surface area contributed by atoms with Crippen LogP contribution in [0.3, 0.4) is 0 Å². The number of hydrogen-bond donors (Lipinski definition) is 1. The maximum Gasteiger partial charge on any atom is 0.232 e. The molecule has 0 aliphatic rings. The molecule has 0 atom stereocenters. The molecule has 1 heterocycles. The van der Waals surface area contributed by atoms with Crippen LogP contribution in [0.5, 0.6) is 5.88 Å². The van der Waals surface area contributed by atoms with Crippen molar-refractivity contribution in [3.63, 3.8) is 0 Å². The molecule has 16 heavy (non-hydrogen) atoms. The fourth-order valence-electron chi connectivity index (χ4n) is 1.29. The summed E-state index contributed by atoms with van der Waals surface area (Å²) in [4.78, 5) is 8.47. The van der Waals surface area contributed by atoms with E-state index in [4.69, 9.17) is 4.74 Å².